The highest BCUT2D eigenvalue weighted by Crippen LogP contribution is 2.38. The first kappa shape index (κ1) is 14.7. The molecule has 8 nitrogen and oxygen atoms in total. The van der Waals surface area contributed by atoms with Crippen molar-refractivity contribution >= 4 is 14.1 Å². The Kier molecular flexibility index (Phi) is 5.54. The van der Waals surface area contributed by atoms with Crippen molar-refractivity contribution < 1.29 is 39.0 Å². The van der Waals surface area contributed by atoms with Crippen LogP contribution in [0.25, 0.3) is 0 Å². The molecule has 0 unspecified atom stereocenters. The molecule has 0 aromatic carbocycles. The van der Waals surface area contributed by atoms with Crippen molar-refractivity contribution in [2.45, 2.75) is 31.3 Å². The number of hydrogen-bond acceptors (Lipinski definition) is 6. The standard InChI is InChI=1S/C6H13O8P/c1-3(8)5(9)6(10)4(2-7)14-15(11,12)13/h2-6,8-10H,1H3,(H2,11,12,13)/t3-,4+,5+,6-/m1/s1. The Hall–Kier alpha value is -0.340. The minimum Gasteiger partial charge on any atom is -0.391 e. The van der Waals surface area contributed by atoms with E-state index in [-0.39, 0.29) is 6.29 Å². The van der Waals surface area contributed by atoms with Gasteiger partial charge in [-0.1, -0.05) is 0 Å². The van der Waals surface area contributed by atoms with E-state index in [1.807, 2.05) is 0 Å². The lowest BCUT2D eigenvalue weighted by Crippen LogP contribution is -2.44. The summed E-state index contributed by atoms with van der Waals surface area (Å²) in [4.78, 5) is 27.1. The number of aliphatic hydroxyl groups is 3. The van der Waals surface area contributed by atoms with Crippen LogP contribution in [0, 0.1) is 0 Å². The fourth-order valence-electron chi connectivity index (χ4n) is 0.806. The van der Waals surface area contributed by atoms with Crippen LogP contribution in [0.2, 0.25) is 0 Å². The first-order valence-electron chi connectivity index (χ1n) is 3.92. The lowest BCUT2D eigenvalue weighted by atomic mass is 10.1. The van der Waals surface area contributed by atoms with Crippen LogP contribution in [0.5, 0.6) is 0 Å². The number of phosphoric acid groups is 1. The largest absolute Gasteiger partial charge is 0.470 e. The van der Waals surface area contributed by atoms with Crippen molar-refractivity contribution in [1.82, 2.24) is 0 Å². The summed E-state index contributed by atoms with van der Waals surface area (Å²) in [5.41, 5.74) is 0. The van der Waals surface area contributed by atoms with E-state index in [4.69, 9.17) is 20.0 Å². The summed E-state index contributed by atoms with van der Waals surface area (Å²) < 4.78 is 14.3. The van der Waals surface area contributed by atoms with Crippen LogP contribution in [0.1, 0.15) is 6.92 Å². The van der Waals surface area contributed by atoms with E-state index < -0.39 is 32.2 Å². The van der Waals surface area contributed by atoms with Gasteiger partial charge in [0.05, 0.1) is 6.10 Å². The quantitative estimate of drug-likeness (QED) is 0.260. The third-order valence-electron chi connectivity index (χ3n) is 1.57. The Bertz CT molecular complexity index is 248. The van der Waals surface area contributed by atoms with Gasteiger partial charge in [0, 0.05) is 0 Å². The molecule has 90 valence electrons. The number of aliphatic hydroxyl groups excluding tert-OH is 3. The number of hydrogen-bond donors (Lipinski definition) is 5. The number of carbonyl (C=O) groups excluding carboxylic acids is 1. The maximum Gasteiger partial charge on any atom is 0.470 e. The molecule has 0 aliphatic rings. The van der Waals surface area contributed by atoms with E-state index in [1.54, 1.807) is 0 Å². The van der Waals surface area contributed by atoms with E-state index >= 15 is 0 Å². The molecule has 9 heteroatoms. The molecular weight excluding hydrogens is 231 g/mol. The van der Waals surface area contributed by atoms with Crippen molar-refractivity contribution in [2.24, 2.45) is 0 Å². The number of phosphoric ester groups is 1. The molecule has 0 bridgehead atoms. The highest BCUT2D eigenvalue weighted by Gasteiger charge is 2.34. The highest BCUT2D eigenvalue weighted by molar-refractivity contribution is 7.46. The molecule has 0 saturated carbocycles. The van der Waals surface area contributed by atoms with Gasteiger partial charge in [-0.05, 0) is 6.92 Å². The lowest BCUT2D eigenvalue weighted by molar-refractivity contribution is -0.131. The predicted molar refractivity (Wildman–Crippen MR) is 46.7 cm³/mol. The van der Waals surface area contributed by atoms with Crippen LogP contribution in [-0.4, -0.2) is 55.8 Å². The van der Waals surface area contributed by atoms with Crippen LogP contribution in [0.3, 0.4) is 0 Å². The number of aldehydes is 1. The minimum atomic E-state index is -4.95. The Balaban J connectivity index is 4.54. The molecule has 0 aromatic rings. The van der Waals surface area contributed by atoms with Crippen molar-refractivity contribution in [3.8, 4) is 0 Å². The summed E-state index contributed by atoms with van der Waals surface area (Å²) in [7, 11) is -4.95. The average Bonchev–Trinajstić information content (AvgIpc) is 2.10. The maximum atomic E-state index is 10.4. The van der Waals surface area contributed by atoms with Crippen LogP contribution >= 0.6 is 7.82 Å². The number of carbonyl (C=O) groups is 1. The topological polar surface area (TPSA) is 145 Å². The van der Waals surface area contributed by atoms with Crippen LogP contribution in [0.15, 0.2) is 0 Å². The molecule has 4 atom stereocenters. The van der Waals surface area contributed by atoms with Crippen molar-refractivity contribution in [3.63, 3.8) is 0 Å². The Morgan fingerprint density at radius 1 is 1.20 bits per heavy atom. The molecule has 0 aromatic heterocycles. The molecule has 0 amide bonds. The molecule has 0 radical (unpaired) electrons. The molecule has 0 aliphatic carbocycles. The van der Waals surface area contributed by atoms with Crippen LogP contribution in [0.4, 0.5) is 0 Å². The van der Waals surface area contributed by atoms with Gasteiger partial charge in [0.25, 0.3) is 0 Å². The van der Waals surface area contributed by atoms with Crippen molar-refractivity contribution in [3.05, 3.63) is 0 Å². The minimum absolute atomic E-state index is 0.0741. The second-order valence-electron chi connectivity index (χ2n) is 2.92. The Labute approximate surface area is 85.4 Å². The summed E-state index contributed by atoms with van der Waals surface area (Å²) in [6.45, 7) is 1.13. The van der Waals surface area contributed by atoms with E-state index in [1.165, 1.54) is 0 Å². The third kappa shape index (κ3) is 5.33. The first-order chi connectivity index (χ1) is 6.69. The van der Waals surface area contributed by atoms with Gasteiger partial charge in [0.15, 0.2) is 12.4 Å². The van der Waals surface area contributed by atoms with Gasteiger partial charge in [-0.2, -0.15) is 0 Å². The van der Waals surface area contributed by atoms with Crippen LogP contribution < -0.4 is 0 Å². The monoisotopic (exact) mass is 244 g/mol. The van der Waals surface area contributed by atoms with E-state index in [0.29, 0.717) is 0 Å². The fourth-order valence-corrected chi connectivity index (χ4v) is 1.30. The highest BCUT2D eigenvalue weighted by atomic mass is 31.2. The van der Waals surface area contributed by atoms with E-state index in [2.05, 4.69) is 4.52 Å². The fraction of sp³-hybridized carbons (Fsp3) is 0.833. The molecule has 0 rings (SSSR count). The van der Waals surface area contributed by atoms with Gasteiger partial charge < -0.3 is 29.9 Å². The van der Waals surface area contributed by atoms with Gasteiger partial charge in [-0.25, -0.2) is 4.57 Å². The molecule has 0 saturated heterocycles. The predicted octanol–water partition coefficient (Wildman–Crippen LogP) is -2.23. The van der Waals surface area contributed by atoms with Gasteiger partial charge in [0.2, 0.25) is 0 Å². The second kappa shape index (κ2) is 5.66. The maximum absolute atomic E-state index is 10.4. The first-order valence-corrected chi connectivity index (χ1v) is 5.45. The zero-order valence-corrected chi connectivity index (χ0v) is 8.69. The molecule has 15 heavy (non-hydrogen) atoms. The van der Waals surface area contributed by atoms with Crippen LogP contribution in [-0.2, 0) is 13.9 Å². The normalized spacial score (nSPS) is 20.4. The summed E-state index contributed by atoms with van der Waals surface area (Å²) in [6, 6.07) is 0. The summed E-state index contributed by atoms with van der Waals surface area (Å²) in [6.07, 6.45) is -7.02. The lowest BCUT2D eigenvalue weighted by Gasteiger charge is -2.24. The summed E-state index contributed by atoms with van der Waals surface area (Å²) in [5.74, 6) is 0. The van der Waals surface area contributed by atoms with Gasteiger partial charge in [-0.15, -0.1) is 0 Å². The smallest absolute Gasteiger partial charge is 0.391 e. The summed E-state index contributed by atoms with van der Waals surface area (Å²) >= 11 is 0. The van der Waals surface area contributed by atoms with Gasteiger partial charge in [-0.3, -0.25) is 4.52 Å². The molecular formula is C6H13O8P. The van der Waals surface area contributed by atoms with E-state index in [0.717, 1.165) is 6.92 Å². The Morgan fingerprint density at radius 2 is 1.67 bits per heavy atom. The Morgan fingerprint density at radius 3 is 1.93 bits per heavy atom. The van der Waals surface area contributed by atoms with Crippen molar-refractivity contribution in [1.29, 1.82) is 0 Å². The molecule has 0 heterocycles. The van der Waals surface area contributed by atoms with E-state index in [9.17, 15) is 14.5 Å². The van der Waals surface area contributed by atoms with Crippen molar-refractivity contribution in [2.75, 3.05) is 0 Å². The molecule has 0 aliphatic heterocycles. The van der Waals surface area contributed by atoms with Gasteiger partial charge >= 0.3 is 7.82 Å². The number of rotatable bonds is 6. The molecule has 0 spiro atoms. The zero-order valence-electron chi connectivity index (χ0n) is 7.79. The molecule has 0 fully saturated rings. The summed E-state index contributed by atoms with van der Waals surface area (Å²) in [5, 5.41) is 27.2. The average molecular weight is 244 g/mol. The van der Waals surface area contributed by atoms with Gasteiger partial charge in [0.1, 0.15) is 12.2 Å². The SMILES string of the molecule is C[C@@H](O)[C@H](O)[C@H](O)[C@H](C=O)OP(=O)(O)O. The second-order valence-corrected chi connectivity index (χ2v) is 4.11. The zero-order chi connectivity index (χ0) is 12.2. The third-order valence-corrected chi connectivity index (χ3v) is 2.09. The molecule has 5 N–H and O–H groups in total.